The maximum absolute atomic E-state index is 9.70. The Balaban J connectivity index is -0.000000107. The lowest BCUT2D eigenvalue weighted by atomic mass is 10.5. The molecule has 0 unspecified atom stereocenters. The molecule has 0 rings (SSSR count). The van der Waals surface area contributed by atoms with Crippen molar-refractivity contribution in [2.24, 2.45) is 5.73 Å². The number of methoxy groups -OCH3 is 1. The zero-order valence-electron chi connectivity index (χ0n) is 5.48. The van der Waals surface area contributed by atoms with Crippen LogP contribution in [0.2, 0.25) is 0 Å². The highest BCUT2D eigenvalue weighted by molar-refractivity contribution is 6.13. The Bertz CT molecular complexity index is 73.5. The molecule has 0 aromatic heterocycles. The minimum absolute atomic E-state index is 0. The van der Waals surface area contributed by atoms with Gasteiger partial charge in [-0.05, 0) is 0 Å². The third-order valence-electron chi connectivity index (χ3n) is 0.287. The van der Waals surface area contributed by atoms with E-state index in [9.17, 15) is 4.79 Å². The van der Waals surface area contributed by atoms with E-state index in [-0.39, 0.29) is 26.7 Å². The average molecular weight is 170 g/mol. The van der Waals surface area contributed by atoms with Crippen molar-refractivity contribution in [1.82, 2.24) is 0 Å². The van der Waals surface area contributed by atoms with Crippen LogP contribution in [-0.2, 0) is 9.53 Å². The number of hydrogen-bond donors (Lipinski definition) is 3. The Morgan fingerprint density at radius 3 is 2.00 bits per heavy atom. The van der Waals surface area contributed by atoms with Gasteiger partial charge in [0, 0.05) is 7.11 Å². The van der Waals surface area contributed by atoms with Gasteiger partial charge in [0.1, 0.15) is 6.61 Å². The van der Waals surface area contributed by atoms with Crippen molar-refractivity contribution >= 4 is 26.0 Å². The standard InChI is InChI=1S/C3H7NO2.BH2O2.ClH/c1-6-2-3(4)5;2-1-3;/h2H2,1H3,(H2,4,5);2-3H;1H. The summed E-state index contributed by atoms with van der Waals surface area (Å²) in [5.41, 5.74) is 4.64. The van der Waals surface area contributed by atoms with E-state index in [2.05, 4.69) is 10.5 Å². The molecule has 1 amide bonds. The van der Waals surface area contributed by atoms with Crippen molar-refractivity contribution in [3.05, 3.63) is 0 Å². The Labute approximate surface area is 65.9 Å². The largest absolute Gasteiger partial charge is 0.482 e. The fourth-order valence-electron chi connectivity index (χ4n) is 0.142. The molecule has 0 spiro atoms. The summed E-state index contributed by atoms with van der Waals surface area (Å²) in [5.74, 6) is -0.433. The first kappa shape index (κ1) is 16.4. The number of ether oxygens (including phenoxy) is 1. The number of halogens is 1. The minimum Gasteiger partial charge on any atom is -0.429 e. The van der Waals surface area contributed by atoms with E-state index in [1.165, 1.54) is 7.11 Å². The Morgan fingerprint density at radius 2 is 2.00 bits per heavy atom. The van der Waals surface area contributed by atoms with Crippen molar-refractivity contribution in [3.8, 4) is 0 Å². The molecular weight excluding hydrogens is 160 g/mol. The van der Waals surface area contributed by atoms with Crippen LogP contribution >= 0.6 is 12.4 Å². The number of hydrogen-bond acceptors (Lipinski definition) is 4. The van der Waals surface area contributed by atoms with Gasteiger partial charge in [0.2, 0.25) is 5.91 Å². The predicted octanol–water partition coefficient (Wildman–Crippen LogP) is -1.95. The van der Waals surface area contributed by atoms with Gasteiger partial charge in [-0.15, -0.1) is 12.4 Å². The van der Waals surface area contributed by atoms with Crippen molar-refractivity contribution in [3.63, 3.8) is 0 Å². The van der Waals surface area contributed by atoms with Crippen molar-refractivity contribution < 1.29 is 19.6 Å². The number of amides is 1. The summed E-state index contributed by atoms with van der Waals surface area (Å²) in [7, 11) is 1.42. The van der Waals surface area contributed by atoms with Crippen LogP contribution < -0.4 is 5.73 Å². The molecule has 0 bridgehead atoms. The van der Waals surface area contributed by atoms with E-state index in [0.29, 0.717) is 0 Å². The molecule has 0 atom stereocenters. The van der Waals surface area contributed by atoms with Crippen LogP contribution in [0.15, 0.2) is 0 Å². The number of carbonyl (C=O) groups is 1. The summed E-state index contributed by atoms with van der Waals surface area (Å²) >= 11 is 0. The summed E-state index contributed by atoms with van der Waals surface area (Å²) in [5, 5.41) is 14.0. The second-order valence-corrected chi connectivity index (χ2v) is 1.01. The summed E-state index contributed by atoms with van der Waals surface area (Å²) in [6.07, 6.45) is 0. The normalized spacial score (nSPS) is 6.30. The molecule has 7 heteroatoms. The summed E-state index contributed by atoms with van der Waals surface area (Å²) < 4.78 is 4.33. The average Bonchev–Trinajstić information content (AvgIpc) is 1.67. The third-order valence-corrected chi connectivity index (χ3v) is 0.287. The van der Waals surface area contributed by atoms with Crippen LogP contribution in [0.5, 0.6) is 0 Å². The maximum atomic E-state index is 9.70. The van der Waals surface area contributed by atoms with Crippen molar-refractivity contribution in [2.45, 2.75) is 0 Å². The van der Waals surface area contributed by atoms with E-state index in [0.717, 1.165) is 0 Å². The highest BCUT2D eigenvalue weighted by atomic mass is 35.5. The Hall–Kier alpha value is -0.295. The molecule has 0 saturated heterocycles. The molecule has 0 heterocycles. The first-order valence-electron chi connectivity index (χ1n) is 2.06. The van der Waals surface area contributed by atoms with Gasteiger partial charge in [0.15, 0.2) is 0 Å². The van der Waals surface area contributed by atoms with E-state index in [1.54, 1.807) is 0 Å². The molecule has 0 aliphatic carbocycles. The Kier molecular flexibility index (Phi) is 26.0. The molecule has 0 fully saturated rings. The molecule has 1 radical (unpaired) electrons. The lowest BCUT2D eigenvalue weighted by Crippen LogP contribution is -2.16. The van der Waals surface area contributed by atoms with Crippen LogP contribution in [0.4, 0.5) is 0 Å². The third kappa shape index (κ3) is 47.3. The molecule has 4 N–H and O–H groups in total. The first-order valence-corrected chi connectivity index (χ1v) is 2.06. The molecule has 0 aromatic rings. The topological polar surface area (TPSA) is 92.8 Å². The molecule has 61 valence electrons. The molecule has 0 aliphatic rings. The van der Waals surface area contributed by atoms with E-state index in [1.807, 2.05) is 0 Å². The van der Waals surface area contributed by atoms with Crippen LogP contribution in [0.25, 0.3) is 0 Å². The minimum atomic E-state index is -0.433. The maximum Gasteiger partial charge on any atom is 0.482 e. The van der Waals surface area contributed by atoms with Crippen LogP contribution in [0.1, 0.15) is 0 Å². The monoisotopic (exact) mass is 170 g/mol. The number of primary amides is 1. The summed E-state index contributed by atoms with van der Waals surface area (Å²) in [6, 6.07) is 0. The first-order chi connectivity index (χ1) is 4.18. The van der Waals surface area contributed by atoms with Gasteiger partial charge in [-0.2, -0.15) is 0 Å². The van der Waals surface area contributed by atoms with E-state index in [4.69, 9.17) is 10.0 Å². The second kappa shape index (κ2) is 15.9. The quantitative estimate of drug-likeness (QED) is 0.420. The molecule has 0 aromatic carbocycles. The van der Waals surface area contributed by atoms with Crippen LogP contribution in [-0.4, -0.2) is 37.4 Å². The van der Waals surface area contributed by atoms with Crippen molar-refractivity contribution in [2.75, 3.05) is 13.7 Å². The predicted molar refractivity (Wildman–Crippen MR) is 38.5 cm³/mol. The SMILES string of the molecule is COCC(N)=O.Cl.O[B]O. The van der Waals surface area contributed by atoms with Gasteiger partial charge in [-0.25, -0.2) is 0 Å². The van der Waals surface area contributed by atoms with E-state index >= 15 is 0 Å². The van der Waals surface area contributed by atoms with Gasteiger partial charge < -0.3 is 20.5 Å². The van der Waals surface area contributed by atoms with Crippen LogP contribution in [0, 0.1) is 0 Å². The Morgan fingerprint density at radius 1 is 1.70 bits per heavy atom. The summed E-state index contributed by atoms with van der Waals surface area (Å²) in [4.78, 5) is 9.70. The molecule has 0 aliphatic heterocycles. The highest BCUT2D eigenvalue weighted by Gasteiger charge is 1.84. The number of carbonyl (C=O) groups excluding carboxylic acids is 1. The van der Waals surface area contributed by atoms with E-state index < -0.39 is 5.91 Å². The van der Waals surface area contributed by atoms with Crippen molar-refractivity contribution in [1.29, 1.82) is 0 Å². The van der Waals surface area contributed by atoms with Gasteiger partial charge >= 0.3 is 7.69 Å². The zero-order valence-corrected chi connectivity index (χ0v) is 6.30. The molecule has 10 heavy (non-hydrogen) atoms. The smallest absolute Gasteiger partial charge is 0.429 e. The highest BCUT2D eigenvalue weighted by Crippen LogP contribution is 1.58. The summed E-state index contributed by atoms with van der Waals surface area (Å²) in [6.45, 7) is 0.0139. The molecular formula is C3H10BClNO4. The van der Waals surface area contributed by atoms with Gasteiger partial charge in [-0.3, -0.25) is 4.79 Å². The van der Waals surface area contributed by atoms with Gasteiger partial charge in [-0.1, -0.05) is 0 Å². The molecule has 5 nitrogen and oxygen atoms in total. The van der Waals surface area contributed by atoms with Gasteiger partial charge in [0.05, 0.1) is 0 Å². The second-order valence-electron chi connectivity index (χ2n) is 1.01. The number of rotatable bonds is 2. The fourth-order valence-corrected chi connectivity index (χ4v) is 0.142. The fraction of sp³-hybridized carbons (Fsp3) is 0.667. The number of nitrogens with two attached hydrogens (primary N) is 1. The lowest BCUT2D eigenvalue weighted by Gasteiger charge is -1.85. The molecule has 0 saturated carbocycles. The lowest BCUT2D eigenvalue weighted by molar-refractivity contribution is -0.121. The van der Waals surface area contributed by atoms with Gasteiger partial charge in [0.25, 0.3) is 0 Å². The van der Waals surface area contributed by atoms with Crippen LogP contribution in [0.3, 0.4) is 0 Å². The zero-order chi connectivity index (χ0) is 7.70.